The van der Waals surface area contributed by atoms with Gasteiger partial charge in [0.15, 0.2) is 5.78 Å². The third kappa shape index (κ3) is 4.81. The van der Waals surface area contributed by atoms with Crippen molar-refractivity contribution >= 4 is 33.0 Å². The normalized spacial score (nSPS) is 11.0. The van der Waals surface area contributed by atoms with Crippen LogP contribution in [-0.2, 0) is 17.8 Å². The quantitative estimate of drug-likeness (QED) is 0.783. The minimum atomic E-state index is -0.276. The summed E-state index contributed by atoms with van der Waals surface area (Å²) in [6.45, 7) is 1.15. The van der Waals surface area contributed by atoms with Gasteiger partial charge in [-0.25, -0.2) is 4.39 Å². The summed E-state index contributed by atoms with van der Waals surface area (Å²) in [6, 6.07) is 8.14. The van der Waals surface area contributed by atoms with Gasteiger partial charge in [0.25, 0.3) is 0 Å². The Kier molecular flexibility index (Phi) is 5.46. The highest BCUT2D eigenvalue weighted by Crippen LogP contribution is 2.20. The molecule has 2 nitrogen and oxygen atoms in total. The van der Waals surface area contributed by atoms with Crippen LogP contribution in [0.4, 0.5) is 4.39 Å². The van der Waals surface area contributed by atoms with Gasteiger partial charge in [-0.15, -0.1) is 11.3 Å². The maximum Gasteiger partial charge on any atom is 0.151 e. The number of nitrogens with zero attached hydrogens (tertiary/aromatic N) is 1. The standard InChI is InChI=1S/C15H15BrFNOS/c1-18(9-15-7-12(16)10-20-15)8-14(19)6-11-2-4-13(17)5-3-11/h2-5,7,10H,6,8-9H2,1H3. The first kappa shape index (κ1) is 15.4. The second-order valence-corrected chi connectivity index (χ2v) is 6.66. The van der Waals surface area contributed by atoms with Crippen molar-refractivity contribution in [3.63, 3.8) is 0 Å². The molecule has 0 unspecified atom stereocenters. The molecule has 1 aromatic heterocycles. The molecule has 20 heavy (non-hydrogen) atoms. The predicted molar refractivity (Wildman–Crippen MR) is 83.5 cm³/mol. The molecule has 0 bridgehead atoms. The molecule has 0 amide bonds. The number of likely N-dealkylation sites (N-methyl/N-ethyl adjacent to an activating group) is 1. The Hall–Kier alpha value is -1.04. The van der Waals surface area contributed by atoms with Crippen molar-refractivity contribution in [2.45, 2.75) is 13.0 Å². The molecule has 1 aromatic carbocycles. The molecule has 0 saturated heterocycles. The lowest BCUT2D eigenvalue weighted by Gasteiger charge is -2.14. The maximum absolute atomic E-state index is 12.8. The van der Waals surface area contributed by atoms with Crippen molar-refractivity contribution in [3.05, 3.63) is 56.4 Å². The Balaban J connectivity index is 1.83. The Morgan fingerprint density at radius 3 is 2.65 bits per heavy atom. The fraction of sp³-hybridized carbons (Fsp3) is 0.267. The minimum Gasteiger partial charge on any atom is -0.298 e. The topological polar surface area (TPSA) is 20.3 Å². The lowest BCUT2D eigenvalue weighted by molar-refractivity contribution is -0.119. The van der Waals surface area contributed by atoms with Crippen molar-refractivity contribution in [2.75, 3.05) is 13.6 Å². The smallest absolute Gasteiger partial charge is 0.151 e. The highest BCUT2D eigenvalue weighted by Gasteiger charge is 2.09. The summed E-state index contributed by atoms with van der Waals surface area (Å²) in [5.74, 6) is -0.142. The molecule has 0 aliphatic carbocycles. The van der Waals surface area contributed by atoms with E-state index in [1.54, 1.807) is 23.5 Å². The second kappa shape index (κ2) is 7.11. The van der Waals surface area contributed by atoms with Crippen LogP contribution in [0.2, 0.25) is 0 Å². The average molecular weight is 356 g/mol. The lowest BCUT2D eigenvalue weighted by Crippen LogP contribution is -2.26. The van der Waals surface area contributed by atoms with E-state index in [4.69, 9.17) is 0 Å². The van der Waals surface area contributed by atoms with E-state index in [0.29, 0.717) is 13.0 Å². The molecule has 0 spiro atoms. The highest BCUT2D eigenvalue weighted by atomic mass is 79.9. The first-order valence-corrected chi connectivity index (χ1v) is 7.88. The number of hydrogen-bond donors (Lipinski definition) is 0. The van der Waals surface area contributed by atoms with Gasteiger partial charge in [0.05, 0.1) is 6.54 Å². The summed E-state index contributed by atoms with van der Waals surface area (Å²) in [6.07, 6.45) is 0.346. The fourth-order valence-electron chi connectivity index (χ4n) is 1.95. The first-order chi connectivity index (χ1) is 9.52. The van der Waals surface area contributed by atoms with Gasteiger partial charge in [0, 0.05) is 27.7 Å². The number of benzene rings is 1. The van der Waals surface area contributed by atoms with Crippen LogP contribution in [0.25, 0.3) is 0 Å². The fourth-order valence-corrected chi connectivity index (χ4v) is 3.48. The molecule has 106 valence electrons. The predicted octanol–water partition coefficient (Wildman–Crippen LogP) is 3.89. The molecule has 0 radical (unpaired) electrons. The number of rotatable bonds is 6. The number of carbonyl (C=O) groups excluding carboxylic acids is 1. The molecule has 0 atom stereocenters. The molecule has 0 aliphatic heterocycles. The zero-order valence-electron chi connectivity index (χ0n) is 11.1. The summed E-state index contributed by atoms with van der Waals surface area (Å²) in [5, 5.41) is 2.03. The van der Waals surface area contributed by atoms with Gasteiger partial charge in [0.2, 0.25) is 0 Å². The summed E-state index contributed by atoms with van der Waals surface area (Å²) in [7, 11) is 1.93. The number of carbonyl (C=O) groups is 1. The van der Waals surface area contributed by atoms with E-state index < -0.39 is 0 Å². The Morgan fingerprint density at radius 1 is 1.35 bits per heavy atom. The van der Waals surface area contributed by atoms with Crippen molar-refractivity contribution in [1.82, 2.24) is 4.90 Å². The molecule has 0 aliphatic rings. The Bertz CT molecular complexity index is 582. The van der Waals surface area contributed by atoms with Crippen molar-refractivity contribution in [3.8, 4) is 0 Å². The Labute approximate surface area is 130 Å². The number of ketones is 1. The van der Waals surface area contributed by atoms with Gasteiger partial charge in [-0.05, 0) is 46.7 Å². The SMILES string of the molecule is CN(CC(=O)Cc1ccc(F)cc1)Cc1cc(Br)cs1. The molecular weight excluding hydrogens is 341 g/mol. The minimum absolute atomic E-state index is 0.134. The molecule has 1 heterocycles. The second-order valence-electron chi connectivity index (χ2n) is 4.75. The zero-order valence-corrected chi connectivity index (χ0v) is 13.5. The van der Waals surface area contributed by atoms with Gasteiger partial charge in [0.1, 0.15) is 5.82 Å². The van der Waals surface area contributed by atoms with Crippen molar-refractivity contribution in [1.29, 1.82) is 0 Å². The third-order valence-electron chi connectivity index (χ3n) is 2.81. The summed E-state index contributed by atoms with van der Waals surface area (Å²) >= 11 is 5.09. The van der Waals surface area contributed by atoms with Crippen LogP contribution >= 0.6 is 27.3 Å². The van der Waals surface area contributed by atoms with E-state index >= 15 is 0 Å². The molecule has 0 N–H and O–H groups in total. The van der Waals surface area contributed by atoms with Gasteiger partial charge in [-0.3, -0.25) is 9.69 Å². The molecule has 0 fully saturated rings. The Morgan fingerprint density at radius 2 is 2.05 bits per heavy atom. The first-order valence-electron chi connectivity index (χ1n) is 6.20. The van der Waals surface area contributed by atoms with E-state index in [2.05, 4.69) is 22.0 Å². The lowest BCUT2D eigenvalue weighted by atomic mass is 10.1. The maximum atomic E-state index is 12.8. The molecule has 2 aromatic rings. The zero-order chi connectivity index (χ0) is 14.5. The number of Topliss-reactive ketones (excluding diaryl/α,β-unsaturated/α-hetero) is 1. The highest BCUT2D eigenvalue weighted by molar-refractivity contribution is 9.10. The van der Waals surface area contributed by atoms with E-state index in [-0.39, 0.29) is 11.6 Å². The van der Waals surface area contributed by atoms with Crippen LogP contribution in [0.3, 0.4) is 0 Å². The number of thiophene rings is 1. The van der Waals surface area contributed by atoms with E-state index in [9.17, 15) is 9.18 Å². The molecule has 2 rings (SSSR count). The van der Waals surface area contributed by atoms with Crippen LogP contribution < -0.4 is 0 Å². The van der Waals surface area contributed by atoms with Gasteiger partial charge in [-0.1, -0.05) is 12.1 Å². The summed E-state index contributed by atoms with van der Waals surface area (Å²) in [4.78, 5) is 15.2. The largest absolute Gasteiger partial charge is 0.298 e. The van der Waals surface area contributed by atoms with Crippen molar-refractivity contribution in [2.24, 2.45) is 0 Å². The van der Waals surface area contributed by atoms with E-state index in [1.807, 2.05) is 17.3 Å². The van der Waals surface area contributed by atoms with Crippen LogP contribution in [0.15, 0.2) is 40.2 Å². The molecule has 0 saturated carbocycles. The number of hydrogen-bond acceptors (Lipinski definition) is 3. The third-order valence-corrected chi connectivity index (χ3v) is 4.49. The van der Waals surface area contributed by atoms with Crippen LogP contribution in [0, 0.1) is 5.82 Å². The van der Waals surface area contributed by atoms with Crippen LogP contribution in [-0.4, -0.2) is 24.3 Å². The monoisotopic (exact) mass is 355 g/mol. The van der Waals surface area contributed by atoms with Gasteiger partial charge < -0.3 is 0 Å². The molecular formula is C15H15BrFNOS. The number of halogens is 2. The average Bonchev–Trinajstić information content (AvgIpc) is 2.77. The molecule has 5 heteroatoms. The van der Waals surface area contributed by atoms with E-state index in [0.717, 1.165) is 16.6 Å². The summed E-state index contributed by atoms with van der Waals surface area (Å²) in [5.41, 5.74) is 0.851. The summed E-state index contributed by atoms with van der Waals surface area (Å²) < 4.78 is 13.9. The van der Waals surface area contributed by atoms with Gasteiger partial charge >= 0.3 is 0 Å². The van der Waals surface area contributed by atoms with Crippen molar-refractivity contribution < 1.29 is 9.18 Å². The van der Waals surface area contributed by atoms with E-state index in [1.165, 1.54) is 17.0 Å². The van der Waals surface area contributed by atoms with Crippen LogP contribution in [0.1, 0.15) is 10.4 Å². The van der Waals surface area contributed by atoms with Gasteiger partial charge in [-0.2, -0.15) is 0 Å². The van der Waals surface area contributed by atoms with Crippen LogP contribution in [0.5, 0.6) is 0 Å².